The summed E-state index contributed by atoms with van der Waals surface area (Å²) >= 11 is 5.53. The largest absolute Gasteiger partial charge is 0.313 e. The molecule has 0 bridgehead atoms. The Balaban J connectivity index is 2.04. The molecule has 0 amide bonds. The SMILES string of the molecule is CNC(C)c1ccc(SCc2ccccc2)cc1Br. The summed E-state index contributed by atoms with van der Waals surface area (Å²) in [5.74, 6) is 1.01. The molecule has 0 fully saturated rings. The van der Waals surface area contributed by atoms with Crippen LogP contribution in [0.5, 0.6) is 0 Å². The van der Waals surface area contributed by atoms with Crippen molar-refractivity contribution in [1.82, 2.24) is 5.32 Å². The zero-order valence-corrected chi connectivity index (χ0v) is 13.6. The fourth-order valence-electron chi connectivity index (χ4n) is 1.85. The number of hydrogen-bond donors (Lipinski definition) is 1. The Labute approximate surface area is 127 Å². The Kier molecular flexibility index (Phi) is 5.49. The Morgan fingerprint density at radius 2 is 1.89 bits per heavy atom. The van der Waals surface area contributed by atoms with E-state index in [9.17, 15) is 0 Å². The lowest BCUT2D eigenvalue weighted by Crippen LogP contribution is -2.12. The van der Waals surface area contributed by atoms with Crippen molar-refractivity contribution in [3.8, 4) is 0 Å². The first-order valence-electron chi connectivity index (χ1n) is 6.34. The van der Waals surface area contributed by atoms with Gasteiger partial charge in [0.25, 0.3) is 0 Å². The van der Waals surface area contributed by atoms with Gasteiger partial charge < -0.3 is 5.32 Å². The number of hydrogen-bond acceptors (Lipinski definition) is 2. The molecule has 0 spiro atoms. The molecule has 0 saturated heterocycles. The summed E-state index contributed by atoms with van der Waals surface area (Å²) in [6.07, 6.45) is 0. The molecule has 2 aromatic carbocycles. The summed E-state index contributed by atoms with van der Waals surface area (Å²) in [6.45, 7) is 2.16. The Bertz CT molecular complexity index is 528. The highest BCUT2D eigenvalue weighted by Gasteiger charge is 2.08. The molecule has 0 heterocycles. The maximum absolute atomic E-state index is 3.66. The standard InChI is InChI=1S/C16H18BrNS/c1-12(18-2)15-9-8-14(10-16(15)17)19-11-13-6-4-3-5-7-13/h3-10,12,18H,11H2,1-2H3. The normalized spacial score (nSPS) is 12.4. The molecule has 1 atom stereocenters. The van der Waals surface area contributed by atoms with Crippen LogP contribution in [0.4, 0.5) is 0 Å². The monoisotopic (exact) mass is 335 g/mol. The first kappa shape index (κ1) is 14.6. The Hall–Kier alpha value is -0.770. The molecule has 0 saturated carbocycles. The van der Waals surface area contributed by atoms with Crippen molar-refractivity contribution >= 4 is 27.7 Å². The van der Waals surface area contributed by atoms with Gasteiger partial charge in [-0.05, 0) is 37.2 Å². The van der Waals surface area contributed by atoms with Crippen molar-refractivity contribution in [2.24, 2.45) is 0 Å². The first-order valence-corrected chi connectivity index (χ1v) is 8.12. The van der Waals surface area contributed by atoms with Crippen LogP contribution in [0.2, 0.25) is 0 Å². The summed E-state index contributed by atoms with van der Waals surface area (Å²) in [4.78, 5) is 1.29. The molecule has 1 unspecified atom stereocenters. The van der Waals surface area contributed by atoms with Gasteiger partial charge in [-0.25, -0.2) is 0 Å². The van der Waals surface area contributed by atoms with Crippen LogP contribution in [0.3, 0.4) is 0 Å². The zero-order chi connectivity index (χ0) is 13.7. The second-order valence-electron chi connectivity index (χ2n) is 4.47. The molecule has 0 aliphatic rings. The Morgan fingerprint density at radius 3 is 2.53 bits per heavy atom. The van der Waals surface area contributed by atoms with Crippen LogP contribution in [0.15, 0.2) is 57.9 Å². The maximum Gasteiger partial charge on any atom is 0.0300 e. The third-order valence-electron chi connectivity index (χ3n) is 3.12. The lowest BCUT2D eigenvalue weighted by molar-refractivity contribution is 0.649. The molecule has 0 aliphatic carbocycles. The van der Waals surface area contributed by atoms with E-state index in [1.807, 2.05) is 18.8 Å². The highest BCUT2D eigenvalue weighted by atomic mass is 79.9. The molecule has 0 radical (unpaired) electrons. The van der Waals surface area contributed by atoms with Gasteiger partial charge in [-0.2, -0.15) is 0 Å². The van der Waals surface area contributed by atoms with Gasteiger partial charge in [-0.1, -0.05) is 52.3 Å². The van der Waals surface area contributed by atoms with Crippen LogP contribution in [0, 0.1) is 0 Å². The fourth-order valence-corrected chi connectivity index (χ4v) is 3.61. The van der Waals surface area contributed by atoms with Gasteiger partial charge in [0.05, 0.1) is 0 Å². The average Bonchev–Trinajstić information content (AvgIpc) is 2.45. The number of nitrogens with one attached hydrogen (secondary N) is 1. The van der Waals surface area contributed by atoms with Gasteiger partial charge >= 0.3 is 0 Å². The van der Waals surface area contributed by atoms with Crippen molar-refractivity contribution in [2.45, 2.75) is 23.6 Å². The summed E-state index contributed by atoms with van der Waals surface area (Å²) in [6, 6.07) is 17.5. The van der Waals surface area contributed by atoms with Crippen LogP contribution >= 0.6 is 27.7 Å². The molecular formula is C16H18BrNS. The van der Waals surface area contributed by atoms with E-state index >= 15 is 0 Å². The van der Waals surface area contributed by atoms with E-state index < -0.39 is 0 Å². The van der Waals surface area contributed by atoms with Crippen molar-refractivity contribution < 1.29 is 0 Å². The van der Waals surface area contributed by atoms with E-state index in [1.54, 1.807) is 0 Å². The molecule has 1 N–H and O–H groups in total. The molecule has 0 aromatic heterocycles. The topological polar surface area (TPSA) is 12.0 Å². The average molecular weight is 336 g/mol. The van der Waals surface area contributed by atoms with Gasteiger partial charge in [-0.15, -0.1) is 11.8 Å². The second-order valence-corrected chi connectivity index (χ2v) is 6.37. The lowest BCUT2D eigenvalue weighted by Gasteiger charge is -2.13. The van der Waals surface area contributed by atoms with Crippen molar-refractivity contribution in [3.63, 3.8) is 0 Å². The minimum absolute atomic E-state index is 0.363. The van der Waals surface area contributed by atoms with Gasteiger partial charge in [-0.3, -0.25) is 0 Å². The van der Waals surface area contributed by atoms with Crippen LogP contribution in [-0.2, 0) is 5.75 Å². The lowest BCUT2D eigenvalue weighted by atomic mass is 10.1. The van der Waals surface area contributed by atoms with E-state index in [0.717, 1.165) is 5.75 Å². The van der Waals surface area contributed by atoms with Gasteiger partial charge in [0, 0.05) is 21.2 Å². The molecule has 2 rings (SSSR count). The molecule has 0 aliphatic heterocycles. The van der Waals surface area contributed by atoms with E-state index in [1.165, 1.54) is 20.5 Å². The van der Waals surface area contributed by atoms with Crippen molar-refractivity contribution in [1.29, 1.82) is 0 Å². The predicted molar refractivity (Wildman–Crippen MR) is 87.6 cm³/mol. The van der Waals surface area contributed by atoms with Crippen molar-refractivity contribution in [3.05, 3.63) is 64.1 Å². The van der Waals surface area contributed by atoms with Crippen LogP contribution in [0.25, 0.3) is 0 Å². The molecule has 2 aromatic rings. The summed E-state index contributed by atoms with van der Waals surface area (Å²) in [5, 5.41) is 3.26. The van der Waals surface area contributed by atoms with Gasteiger partial charge in [0.1, 0.15) is 0 Å². The highest BCUT2D eigenvalue weighted by molar-refractivity contribution is 9.10. The smallest absolute Gasteiger partial charge is 0.0300 e. The highest BCUT2D eigenvalue weighted by Crippen LogP contribution is 2.30. The zero-order valence-electron chi connectivity index (χ0n) is 11.2. The predicted octanol–water partition coefficient (Wildman–Crippen LogP) is 5.02. The fraction of sp³-hybridized carbons (Fsp3) is 0.250. The third kappa shape index (κ3) is 4.10. The molecule has 1 nitrogen and oxygen atoms in total. The first-order chi connectivity index (χ1) is 9.20. The third-order valence-corrected chi connectivity index (χ3v) is 4.87. The summed E-state index contributed by atoms with van der Waals surface area (Å²) in [7, 11) is 1.98. The maximum atomic E-state index is 3.66. The van der Waals surface area contributed by atoms with Crippen LogP contribution < -0.4 is 5.32 Å². The van der Waals surface area contributed by atoms with E-state index in [2.05, 4.69) is 76.7 Å². The van der Waals surface area contributed by atoms with E-state index in [-0.39, 0.29) is 0 Å². The number of halogens is 1. The number of benzene rings is 2. The van der Waals surface area contributed by atoms with Gasteiger partial charge in [0.2, 0.25) is 0 Å². The second kappa shape index (κ2) is 7.13. The van der Waals surface area contributed by atoms with E-state index in [4.69, 9.17) is 0 Å². The molecule has 3 heteroatoms. The molecule has 100 valence electrons. The molecule has 19 heavy (non-hydrogen) atoms. The molecular weight excluding hydrogens is 318 g/mol. The quantitative estimate of drug-likeness (QED) is 0.769. The minimum Gasteiger partial charge on any atom is -0.313 e. The minimum atomic E-state index is 0.363. The number of thioether (sulfide) groups is 1. The van der Waals surface area contributed by atoms with Crippen molar-refractivity contribution in [2.75, 3.05) is 7.05 Å². The van der Waals surface area contributed by atoms with E-state index in [0.29, 0.717) is 6.04 Å². The summed E-state index contributed by atoms with van der Waals surface area (Å²) in [5.41, 5.74) is 2.66. The Morgan fingerprint density at radius 1 is 1.16 bits per heavy atom. The summed E-state index contributed by atoms with van der Waals surface area (Å²) < 4.78 is 1.17. The number of rotatable bonds is 5. The van der Waals surface area contributed by atoms with Crippen LogP contribution in [0.1, 0.15) is 24.1 Å². The van der Waals surface area contributed by atoms with Gasteiger partial charge in [0.15, 0.2) is 0 Å². The van der Waals surface area contributed by atoms with Crippen LogP contribution in [-0.4, -0.2) is 7.05 Å².